The van der Waals surface area contributed by atoms with Gasteiger partial charge in [0.15, 0.2) is 0 Å². The van der Waals surface area contributed by atoms with Gasteiger partial charge in [0.2, 0.25) is 0 Å². The molecule has 2 aliphatic carbocycles. The molecule has 5 unspecified atom stereocenters. The van der Waals surface area contributed by atoms with Crippen molar-refractivity contribution in [1.29, 1.82) is 0 Å². The molecule has 5 atom stereocenters. The third-order valence-electron chi connectivity index (χ3n) is 4.49. The molecule has 1 fully saturated rings. The molecule has 0 aromatic rings. The standard InChI is InChI=1S/C15H22O3/c1-9-3-6-12-11(5-4-10(2)15(12)18)14(9)13(17)7-8-16/h3,6,10-12,14-16,18H,1,4-5,7-8H2,2H3. The fraction of sp³-hybridized carbons (Fsp3) is 0.667. The number of carbonyl (C=O) groups is 1. The van der Waals surface area contributed by atoms with Gasteiger partial charge >= 0.3 is 0 Å². The molecule has 0 aromatic heterocycles. The van der Waals surface area contributed by atoms with Crippen molar-refractivity contribution in [3.8, 4) is 0 Å². The molecule has 0 radical (unpaired) electrons. The van der Waals surface area contributed by atoms with Crippen LogP contribution in [0.5, 0.6) is 0 Å². The zero-order valence-corrected chi connectivity index (χ0v) is 10.9. The number of ketones is 1. The van der Waals surface area contributed by atoms with Crippen molar-refractivity contribution >= 4 is 5.78 Å². The Morgan fingerprint density at radius 2 is 2.22 bits per heavy atom. The summed E-state index contributed by atoms with van der Waals surface area (Å²) in [5.41, 5.74) is 0.830. The van der Waals surface area contributed by atoms with E-state index in [2.05, 4.69) is 13.5 Å². The first-order valence-electron chi connectivity index (χ1n) is 6.75. The molecule has 1 saturated carbocycles. The Morgan fingerprint density at radius 1 is 1.50 bits per heavy atom. The van der Waals surface area contributed by atoms with E-state index in [4.69, 9.17) is 5.11 Å². The molecule has 3 heteroatoms. The summed E-state index contributed by atoms with van der Waals surface area (Å²) in [5, 5.41) is 19.2. The Balaban J connectivity index is 2.23. The van der Waals surface area contributed by atoms with Crippen LogP contribution in [0.4, 0.5) is 0 Å². The van der Waals surface area contributed by atoms with Crippen LogP contribution >= 0.6 is 0 Å². The number of aliphatic hydroxyl groups excluding tert-OH is 2. The lowest BCUT2D eigenvalue weighted by Crippen LogP contribution is -2.44. The molecule has 0 spiro atoms. The van der Waals surface area contributed by atoms with E-state index in [9.17, 15) is 9.90 Å². The van der Waals surface area contributed by atoms with Crippen molar-refractivity contribution in [1.82, 2.24) is 0 Å². The number of fused-ring (bicyclic) bond motifs is 1. The maximum absolute atomic E-state index is 12.1. The number of hydrogen-bond donors (Lipinski definition) is 2. The molecular formula is C15H22O3. The Hall–Kier alpha value is -0.930. The molecule has 3 nitrogen and oxygen atoms in total. The molecule has 2 aliphatic rings. The van der Waals surface area contributed by atoms with Crippen LogP contribution in [0.1, 0.15) is 26.2 Å². The van der Waals surface area contributed by atoms with E-state index < -0.39 is 0 Å². The molecule has 0 heterocycles. The number of hydrogen-bond acceptors (Lipinski definition) is 3. The largest absolute Gasteiger partial charge is 0.396 e. The first-order chi connectivity index (χ1) is 8.56. The van der Waals surface area contributed by atoms with Crippen LogP contribution in [-0.2, 0) is 4.79 Å². The van der Waals surface area contributed by atoms with Gasteiger partial charge in [0.25, 0.3) is 0 Å². The van der Waals surface area contributed by atoms with Crippen LogP contribution in [0.25, 0.3) is 0 Å². The van der Waals surface area contributed by atoms with E-state index >= 15 is 0 Å². The molecule has 0 bridgehead atoms. The second kappa shape index (κ2) is 5.37. The molecule has 0 amide bonds. The summed E-state index contributed by atoms with van der Waals surface area (Å²) in [5.74, 6) is 0.355. The highest BCUT2D eigenvalue weighted by atomic mass is 16.3. The van der Waals surface area contributed by atoms with E-state index in [1.54, 1.807) is 0 Å². The van der Waals surface area contributed by atoms with Gasteiger partial charge in [0, 0.05) is 24.9 Å². The van der Waals surface area contributed by atoms with E-state index in [1.807, 2.05) is 12.2 Å². The summed E-state index contributed by atoms with van der Waals surface area (Å²) in [6.07, 6.45) is 5.61. The average Bonchev–Trinajstić information content (AvgIpc) is 2.34. The highest BCUT2D eigenvalue weighted by Gasteiger charge is 2.43. The maximum atomic E-state index is 12.1. The summed E-state index contributed by atoms with van der Waals surface area (Å²) in [6.45, 7) is 5.91. The predicted molar refractivity (Wildman–Crippen MR) is 69.9 cm³/mol. The predicted octanol–water partition coefficient (Wildman–Crippen LogP) is 1.70. The molecule has 0 saturated heterocycles. The highest BCUT2D eigenvalue weighted by Crippen LogP contribution is 2.44. The summed E-state index contributed by atoms with van der Waals surface area (Å²) in [6, 6.07) is 0. The number of aliphatic hydroxyl groups is 2. The van der Waals surface area contributed by atoms with Crippen LogP contribution in [-0.4, -0.2) is 28.7 Å². The lowest BCUT2D eigenvalue weighted by atomic mass is 9.62. The lowest BCUT2D eigenvalue weighted by Gasteiger charge is -2.43. The molecular weight excluding hydrogens is 228 g/mol. The van der Waals surface area contributed by atoms with Crippen molar-refractivity contribution in [3.05, 3.63) is 24.3 Å². The minimum absolute atomic E-state index is 0.0589. The quantitative estimate of drug-likeness (QED) is 0.801. The Morgan fingerprint density at radius 3 is 2.89 bits per heavy atom. The number of Topliss-reactive ketones (excluding diaryl/α,β-unsaturated/α-hetero) is 1. The van der Waals surface area contributed by atoms with Gasteiger partial charge in [-0.05, 0) is 30.3 Å². The van der Waals surface area contributed by atoms with Crippen LogP contribution in [0.15, 0.2) is 24.3 Å². The van der Waals surface area contributed by atoms with Crippen LogP contribution in [0, 0.1) is 23.7 Å². The lowest BCUT2D eigenvalue weighted by molar-refractivity contribution is -0.126. The van der Waals surface area contributed by atoms with Crippen molar-refractivity contribution in [2.75, 3.05) is 6.61 Å². The second-order valence-electron chi connectivity index (χ2n) is 5.64. The average molecular weight is 250 g/mol. The first kappa shape index (κ1) is 13.5. The fourth-order valence-electron chi connectivity index (χ4n) is 3.42. The third kappa shape index (κ3) is 2.29. The number of allylic oxidation sites excluding steroid dienone is 2. The topological polar surface area (TPSA) is 57.5 Å². The van der Waals surface area contributed by atoms with Crippen molar-refractivity contribution in [2.45, 2.75) is 32.3 Å². The van der Waals surface area contributed by atoms with Crippen molar-refractivity contribution in [2.24, 2.45) is 23.7 Å². The first-order valence-corrected chi connectivity index (χ1v) is 6.75. The van der Waals surface area contributed by atoms with Gasteiger partial charge in [-0.2, -0.15) is 0 Å². The van der Waals surface area contributed by atoms with E-state index in [0.717, 1.165) is 18.4 Å². The minimum Gasteiger partial charge on any atom is -0.396 e. The van der Waals surface area contributed by atoms with Crippen LogP contribution < -0.4 is 0 Å². The van der Waals surface area contributed by atoms with Gasteiger partial charge in [0.1, 0.15) is 5.78 Å². The number of rotatable bonds is 3. The maximum Gasteiger partial charge on any atom is 0.142 e. The zero-order valence-electron chi connectivity index (χ0n) is 10.9. The van der Waals surface area contributed by atoms with Crippen LogP contribution in [0.2, 0.25) is 0 Å². The van der Waals surface area contributed by atoms with E-state index in [-0.39, 0.29) is 48.6 Å². The van der Waals surface area contributed by atoms with E-state index in [0.29, 0.717) is 0 Å². The Bertz CT molecular complexity index is 372. The zero-order chi connectivity index (χ0) is 13.3. The minimum atomic E-state index is -0.363. The summed E-state index contributed by atoms with van der Waals surface area (Å²) in [4.78, 5) is 12.1. The summed E-state index contributed by atoms with van der Waals surface area (Å²) < 4.78 is 0. The highest BCUT2D eigenvalue weighted by molar-refractivity contribution is 5.85. The normalized spacial score (nSPS) is 39.5. The fourth-order valence-corrected chi connectivity index (χ4v) is 3.42. The molecule has 2 rings (SSSR count). The van der Waals surface area contributed by atoms with Crippen LogP contribution in [0.3, 0.4) is 0 Å². The number of carbonyl (C=O) groups excluding carboxylic acids is 1. The Kier molecular flexibility index (Phi) is 4.03. The summed E-state index contributed by atoms with van der Waals surface area (Å²) in [7, 11) is 0. The Labute approximate surface area is 108 Å². The van der Waals surface area contributed by atoms with Gasteiger partial charge < -0.3 is 10.2 Å². The van der Waals surface area contributed by atoms with E-state index in [1.165, 1.54) is 0 Å². The molecule has 100 valence electrons. The van der Waals surface area contributed by atoms with Crippen molar-refractivity contribution in [3.63, 3.8) is 0 Å². The molecule has 2 N–H and O–H groups in total. The van der Waals surface area contributed by atoms with Gasteiger partial charge in [-0.1, -0.05) is 25.7 Å². The molecule has 0 aromatic carbocycles. The smallest absolute Gasteiger partial charge is 0.142 e. The van der Waals surface area contributed by atoms with Crippen molar-refractivity contribution < 1.29 is 15.0 Å². The van der Waals surface area contributed by atoms with Gasteiger partial charge in [-0.15, -0.1) is 0 Å². The molecule has 0 aliphatic heterocycles. The third-order valence-corrected chi connectivity index (χ3v) is 4.49. The molecule has 18 heavy (non-hydrogen) atoms. The monoisotopic (exact) mass is 250 g/mol. The van der Waals surface area contributed by atoms with Gasteiger partial charge in [-0.3, -0.25) is 4.79 Å². The second-order valence-corrected chi connectivity index (χ2v) is 5.64. The van der Waals surface area contributed by atoms with Gasteiger partial charge in [0.05, 0.1) is 6.10 Å². The SMILES string of the molecule is C=C1C=CC2C(O)C(C)CCC2C1C(=O)CCO. The summed E-state index contributed by atoms with van der Waals surface area (Å²) >= 11 is 0. The van der Waals surface area contributed by atoms with Gasteiger partial charge in [-0.25, -0.2) is 0 Å².